The lowest BCUT2D eigenvalue weighted by Crippen LogP contribution is -2.15. The number of fused-ring (bicyclic) bond motifs is 1. The maximum absolute atomic E-state index is 14.8. The number of hydrogen-bond acceptors (Lipinski definition) is 4. The van der Waals surface area contributed by atoms with Crippen LogP contribution in [0.4, 0.5) is 14.5 Å². The molecule has 1 atom stereocenters. The molecule has 6 nitrogen and oxygen atoms in total. The zero-order valence-corrected chi connectivity index (χ0v) is 21.4. The van der Waals surface area contributed by atoms with Gasteiger partial charge in [-0.1, -0.05) is 37.6 Å². The lowest BCUT2D eigenvalue weighted by Gasteiger charge is -2.14. The lowest BCUT2D eigenvalue weighted by molar-refractivity contribution is -0.114. The average Bonchev–Trinajstić information content (AvgIpc) is 3.20. The van der Waals surface area contributed by atoms with Crippen molar-refractivity contribution < 1.29 is 18.3 Å². The number of anilines is 1. The summed E-state index contributed by atoms with van der Waals surface area (Å²) in [4.78, 5) is 16.5. The van der Waals surface area contributed by atoms with Gasteiger partial charge >= 0.3 is 0 Å². The lowest BCUT2D eigenvalue weighted by atomic mass is 10.1. The predicted octanol–water partition coefficient (Wildman–Crippen LogP) is 6.62. The van der Waals surface area contributed by atoms with Crippen LogP contribution in [-0.4, -0.2) is 27.6 Å². The molecule has 0 saturated carbocycles. The van der Waals surface area contributed by atoms with Crippen LogP contribution < -0.4 is 10.1 Å². The highest BCUT2D eigenvalue weighted by Gasteiger charge is 2.19. The summed E-state index contributed by atoms with van der Waals surface area (Å²) in [6.45, 7) is 7.28. The maximum Gasteiger partial charge on any atom is 0.284 e. The molecule has 0 aliphatic heterocycles. The van der Waals surface area contributed by atoms with Gasteiger partial charge in [0, 0.05) is 10.9 Å². The molecule has 0 aliphatic carbocycles. The second-order valence-corrected chi connectivity index (χ2v) is 8.43. The third kappa shape index (κ3) is 5.32. The second-order valence-electron chi connectivity index (χ2n) is 6.01. The molecule has 166 valence electrons. The smallest absolute Gasteiger partial charge is 0.284 e. The summed E-state index contributed by atoms with van der Waals surface area (Å²) < 4.78 is 35.9. The zero-order chi connectivity index (χ0) is 23.3. The largest absolute Gasteiger partial charge is 0.480 e. The number of amides is 1. The van der Waals surface area contributed by atoms with Gasteiger partial charge in [-0.2, -0.15) is 5.10 Å². The van der Waals surface area contributed by atoms with Gasteiger partial charge in [0.25, 0.3) is 5.91 Å². The minimum absolute atomic E-state index is 0.0547. The van der Waals surface area contributed by atoms with Crippen molar-refractivity contribution >= 4 is 68.6 Å². The van der Waals surface area contributed by atoms with Crippen LogP contribution in [0.15, 0.2) is 24.2 Å². The van der Waals surface area contributed by atoms with E-state index in [4.69, 9.17) is 16.3 Å². The van der Waals surface area contributed by atoms with Crippen molar-refractivity contribution in [2.45, 2.75) is 27.7 Å². The van der Waals surface area contributed by atoms with E-state index >= 15 is 0 Å². The van der Waals surface area contributed by atoms with E-state index in [0.29, 0.717) is 16.6 Å². The fourth-order valence-electron chi connectivity index (χ4n) is 2.76. The third-order valence-electron chi connectivity index (χ3n) is 4.24. The molecule has 1 aromatic carbocycles. The molecular weight excluding hydrogens is 560 g/mol. The Balaban J connectivity index is 0.00000166. The minimum Gasteiger partial charge on any atom is -0.480 e. The van der Waals surface area contributed by atoms with Gasteiger partial charge in [0.2, 0.25) is 5.88 Å². The van der Waals surface area contributed by atoms with Gasteiger partial charge in [-0.15, -0.1) is 0 Å². The van der Waals surface area contributed by atoms with Gasteiger partial charge < -0.3 is 10.1 Å². The zero-order valence-electron chi connectivity index (χ0n) is 17.5. The van der Waals surface area contributed by atoms with E-state index in [0.717, 1.165) is 6.08 Å². The standard InChI is InChI=1S/C18H15ClF2IN4O2P.C2H6/c1-8-13(19)18(28-3)24-9(2)15(8)25-17(27)12(20)6-10-4-5-11-7-23-26(29-22)16(11)14(10)21;1-2/h4-7,29H,1-3H3,(H,25,27);1-2H3/b12-6-;. The van der Waals surface area contributed by atoms with Crippen LogP contribution >= 0.6 is 40.0 Å². The minimum atomic E-state index is -1.16. The Bertz CT molecular complexity index is 1150. The first kappa shape index (κ1) is 25.4. The molecule has 0 aliphatic rings. The average molecular weight is 581 g/mol. The molecule has 2 aromatic heterocycles. The normalized spacial score (nSPS) is 11.6. The van der Waals surface area contributed by atoms with Gasteiger partial charge in [0.15, 0.2) is 11.6 Å². The van der Waals surface area contributed by atoms with Crippen molar-refractivity contribution in [1.82, 2.24) is 14.5 Å². The van der Waals surface area contributed by atoms with Crippen molar-refractivity contribution in [3.63, 3.8) is 0 Å². The van der Waals surface area contributed by atoms with E-state index in [2.05, 4.69) is 37.4 Å². The summed E-state index contributed by atoms with van der Waals surface area (Å²) in [7, 11) is 1.42. The molecule has 0 spiro atoms. The number of benzene rings is 1. The van der Waals surface area contributed by atoms with Crippen LogP contribution in [0.2, 0.25) is 5.02 Å². The number of methoxy groups -OCH3 is 1. The molecule has 2 heterocycles. The summed E-state index contributed by atoms with van der Waals surface area (Å²) >= 11 is 8.22. The van der Waals surface area contributed by atoms with Gasteiger partial charge in [0.1, 0.15) is 10.5 Å². The van der Waals surface area contributed by atoms with Crippen molar-refractivity contribution in [3.05, 3.63) is 51.8 Å². The number of aromatic nitrogens is 3. The summed E-state index contributed by atoms with van der Waals surface area (Å²) in [6, 6.07) is 3.02. The predicted molar refractivity (Wildman–Crippen MR) is 132 cm³/mol. The van der Waals surface area contributed by atoms with Crippen LogP contribution in [0.3, 0.4) is 0 Å². The summed E-state index contributed by atoms with van der Waals surface area (Å²) in [5.74, 6) is -2.63. The summed E-state index contributed by atoms with van der Waals surface area (Å²) in [5.41, 5.74) is 1.36. The Hall–Kier alpha value is -1.84. The molecule has 0 radical (unpaired) electrons. The van der Waals surface area contributed by atoms with E-state index < -0.39 is 17.6 Å². The van der Waals surface area contributed by atoms with Crippen LogP contribution in [0.5, 0.6) is 5.88 Å². The first-order valence-corrected chi connectivity index (χ1v) is 13.6. The number of halogens is 4. The molecule has 31 heavy (non-hydrogen) atoms. The molecule has 0 saturated heterocycles. The van der Waals surface area contributed by atoms with Gasteiger partial charge in [0.05, 0.1) is 31.1 Å². The van der Waals surface area contributed by atoms with E-state index in [1.807, 2.05) is 13.8 Å². The Morgan fingerprint density at radius 1 is 1.35 bits per heavy atom. The van der Waals surface area contributed by atoms with Crippen molar-refractivity contribution in [1.29, 1.82) is 0 Å². The van der Waals surface area contributed by atoms with Crippen LogP contribution in [0, 0.1) is 19.7 Å². The number of nitrogens with one attached hydrogen (secondary N) is 1. The maximum atomic E-state index is 14.8. The summed E-state index contributed by atoms with van der Waals surface area (Å²) in [5, 5.41) is 7.33. The number of carbonyl (C=O) groups is 1. The van der Waals surface area contributed by atoms with E-state index in [1.165, 1.54) is 23.8 Å². The monoisotopic (exact) mass is 580 g/mol. The molecule has 0 fully saturated rings. The second kappa shape index (κ2) is 11.2. The van der Waals surface area contributed by atoms with Gasteiger partial charge in [-0.05, 0) is 47.5 Å². The molecule has 1 unspecified atom stereocenters. The molecule has 11 heteroatoms. The van der Waals surface area contributed by atoms with Crippen LogP contribution in [-0.2, 0) is 4.79 Å². The number of hydrogen-bond donors (Lipinski definition) is 1. The first-order valence-electron chi connectivity index (χ1n) is 9.20. The van der Waals surface area contributed by atoms with Crippen LogP contribution in [0.1, 0.15) is 30.7 Å². The highest BCUT2D eigenvalue weighted by atomic mass is 127. The van der Waals surface area contributed by atoms with E-state index in [9.17, 15) is 13.6 Å². The molecule has 3 rings (SSSR count). The molecule has 3 aromatic rings. The van der Waals surface area contributed by atoms with Crippen LogP contribution in [0.25, 0.3) is 17.0 Å². The quantitative estimate of drug-likeness (QED) is 0.209. The Morgan fingerprint density at radius 2 is 2.03 bits per heavy atom. The van der Waals surface area contributed by atoms with Gasteiger partial charge in [-0.3, -0.25) is 4.79 Å². The highest BCUT2D eigenvalue weighted by molar-refractivity contribution is 14.2. The SMILES string of the molecule is CC.COc1nc(C)c(NC(=O)/C(F)=C/c2ccc3cnn(PI)c3c2F)c(C)c1Cl. The Morgan fingerprint density at radius 3 is 2.65 bits per heavy atom. The number of pyridine rings is 1. The number of nitrogens with zero attached hydrogens (tertiary/aromatic N) is 3. The number of ether oxygens (including phenoxy) is 1. The number of rotatable bonds is 5. The molecule has 1 N–H and O–H groups in total. The van der Waals surface area contributed by atoms with Crippen molar-refractivity contribution in [3.8, 4) is 5.88 Å². The Kier molecular flexibility index (Phi) is 9.14. The number of carbonyl (C=O) groups excluding carboxylic acids is 1. The molecular formula is C20H21ClF2IN4O2P. The fraction of sp³-hybridized carbons (Fsp3) is 0.250. The van der Waals surface area contributed by atoms with Gasteiger partial charge in [-0.25, -0.2) is 18.2 Å². The third-order valence-corrected chi connectivity index (χ3v) is 6.55. The summed E-state index contributed by atoms with van der Waals surface area (Å²) in [6.07, 6.45) is 2.56. The van der Waals surface area contributed by atoms with Crippen molar-refractivity contribution in [2.24, 2.45) is 0 Å². The highest BCUT2D eigenvalue weighted by Crippen LogP contribution is 2.34. The molecule has 1 amide bonds. The molecule has 0 bridgehead atoms. The van der Waals surface area contributed by atoms with E-state index in [1.54, 1.807) is 19.9 Å². The number of aryl methyl sites for hydroxylation is 1. The van der Waals surface area contributed by atoms with E-state index in [-0.39, 0.29) is 34.0 Å². The Labute approximate surface area is 198 Å². The fourth-order valence-corrected chi connectivity index (χ4v) is 4.49. The van der Waals surface area contributed by atoms with Crippen molar-refractivity contribution in [2.75, 3.05) is 12.4 Å². The topological polar surface area (TPSA) is 69.0 Å². The first-order chi connectivity index (χ1) is 14.8.